The zero-order valence-electron chi connectivity index (χ0n) is 8.90. The van der Waals surface area contributed by atoms with E-state index in [1.54, 1.807) is 6.08 Å². The van der Waals surface area contributed by atoms with Gasteiger partial charge in [0.25, 0.3) is 0 Å². The number of nitrogens with two attached hydrogens (primary N) is 1. The lowest BCUT2D eigenvalue weighted by molar-refractivity contribution is 0.108. The first-order valence-electron chi connectivity index (χ1n) is 4.88. The first-order chi connectivity index (χ1) is 7.08. The number of ether oxygens (including phenoxy) is 1. The number of hydrogen-bond acceptors (Lipinski definition) is 3. The van der Waals surface area contributed by atoms with Gasteiger partial charge in [-0.15, -0.1) is 0 Å². The minimum Gasteiger partial charge on any atom is -0.467 e. The zero-order valence-corrected chi connectivity index (χ0v) is 8.90. The molecule has 3 heteroatoms. The van der Waals surface area contributed by atoms with Crippen LogP contribution >= 0.6 is 0 Å². The summed E-state index contributed by atoms with van der Waals surface area (Å²) < 4.78 is 5.44. The summed E-state index contributed by atoms with van der Waals surface area (Å²) >= 11 is 0. The molecule has 0 bridgehead atoms. The molecule has 78 valence electrons. The quantitative estimate of drug-likeness (QED) is 0.760. The molecule has 0 atom stereocenters. The lowest BCUT2D eigenvalue weighted by atomic mass is 10.0. The van der Waals surface area contributed by atoms with E-state index in [4.69, 9.17) is 10.5 Å². The Balaban J connectivity index is 2.35. The van der Waals surface area contributed by atoms with Gasteiger partial charge in [-0.3, -0.25) is 0 Å². The highest BCUT2D eigenvalue weighted by molar-refractivity contribution is 6.04. The summed E-state index contributed by atoms with van der Waals surface area (Å²) in [5, 5.41) is 0. The van der Waals surface area contributed by atoms with Gasteiger partial charge in [0, 0.05) is 6.08 Å². The fraction of sp³-hybridized carbons (Fsp3) is 0.250. The predicted octanol–water partition coefficient (Wildman–Crippen LogP) is 2.37. The molecule has 0 fully saturated rings. The summed E-state index contributed by atoms with van der Waals surface area (Å²) in [6, 6.07) is 9.77. The Labute approximate surface area is 89.3 Å². The molecular formula is C12H14N2O. The van der Waals surface area contributed by atoms with Crippen molar-refractivity contribution >= 4 is 11.4 Å². The van der Waals surface area contributed by atoms with Crippen LogP contribution in [0.25, 0.3) is 0 Å². The van der Waals surface area contributed by atoms with Crippen molar-refractivity contribution in [3.05, 3.63) is 42.3 Å². The number of hydrogen-bond donors (Lipinski definition) is 1. The van der Waals surface area contributed by atoms with Crippen LogP contribution in [-0.2, 0) is 4.74 Å². The lowest BCUT2D eigenvalue weighted by Crippen LogP contribution is -2.28. The van der Waals surface area contributed by atoms with Gasteiger partial charge < -0.3 is 10.5 Å². The fourth-order valence-electron chi connectivity index (χ4n) is 1.49. The van der Waals surface area contributed by atoms with Crippen LogP contribution in [0.2, 0.25) is 0 Å². The van der Waals surface area contributed by atoms with Crippen LogP contribution in [0.3, 0.4) is 0 Å². The average Bonchev–Trinajstić information content (AvgIpc) is 2.41. The highest BCUT2D eigenvalue weighted by atomic mass is 16.5. The molecule has 0 saturated carbocycles. The maximum Gasteiger partial charge on any atom is 0.187 e. The fourth-order valence-corrected chi connectivity index (χ4v) is 1.49. The highest BCUT2D eigenvalue weighted by Gasteiger charge is 2.31. The van der Waals surface area contributed by atoms with Crippen LogP contribution in [0.15, 0.2) is 47.3 Å². The molecule has 2 N–H and O–H groups in total. The molecule has 0 amide bonds. The normalized spacial score (nSPS) is 21.2. The van der Waals surface area contributed by atoms with Crippen LogP contribution in [0, 0.1) is 0 Å². The Kier molecular flexibility index (Phi) is 2.23. The van der Waals surface area contributed by atoms with E-state index in [2.05, 4.69) is 4.99 Å². The Morgan fingerprint density at radius 1 is 1.20 bits per heavy atom. The summed E-state index contributed by atoms with van der Waals surface area (Å²) in [6.07, 6.45) is 1.77. The van der Waals surface area contributed by atoms with Gasteiger partial charge in [-0.2, -0.15) is 0 Å². The van der Waals surface area contributed by atoms with Gasteiger partial charge in [-0.25, -0.2) is 4.99 Å². The highest BCUT2D eigenvalue weighted by Crippen LogP contribution is 2.25. The SMILES string of the molecule is CC1(C)OC(N)=CC1=Nc1ccccc1. The number of rotatable bonds is 1. The summed E-state index contributed by atoms with van der Waals surface area (Å²) in [5.41, 5.74) is 6.95. The molecule has 1 aliphatic heterocycles. The molecule has 0 spiro atoms. The van der Waals surface area contributed by atoms with E-state index >= 15 is 0 Å². The minimum absolute atomic E-state index is 0.426. The van der Waals surface area contributed by atoms with Gasteiger partial charge in [-0.1, -0.05) is 18.2 Å². The molecule has 1 aliphatic rings. The van der Waals surface area contributed by atoms with Crippen molar-refractivity contribution in [2.45, 2.75) is 19.4 Å². The number of aliphatic imine (C=N–C) groups is 1. The van der Waals surface area contributed by atoms with Crippen LogP contribution in [0.5, 0.6) is 0 Å². The molecule has 1 aromatic carbocycles. The maximum absolute atomic E-state index is 5.61. The van der Waals surface area contributed by atoms with E-state index in [0.29, 0.717) is 5.88 Å². The van der Waals surface area contributed by atoms with Crippen molar-refractivity contribution in [3.8, 4) is 0 Å². The molecule has 0 unspecified atom stereocenters. The molecule has 1 aromatic rings. The van der Waals surface area contributed by atoms with Crippen molar-refractivity contribution in [3.63, 3.8) is 0 Å². The molecule has 0 saturated heterocycles. The monoisotopic (exact) mass is 202 g/mol. The second-order valence-corrected chi connectivity index (χ2v) is 3.99. The second-order valence-electron chi connectivity index (χ2n) is 3.99. The average molecular weight is 202 g/mol. The Bertz CT molecular complexity index is 419. The standard InChI is InChI=1S/C12H14N2O/c1-12(2)10(8-11(13)15-12)14-9-6-4-3-5-7-9/h3-8H,13H2,1-2H3. The number of nitrogens with zero attached hydrogens (tertiary/aromatic N) is 1. The maximum atomic E-state index is 5.61. The Hall–Kier alpha value is -1.77. The molecule has 15 heavy (non-hydrogen) atoms. The molecule has 0 radical (unpaired) electrons. The van der Waals surface area contributed by atoms with Gasteiger partial charge in [0.1, 0.15) is 5.60 Å². The third-order valence-corrected chi connectivity index (χ3v) is 2.27. The van der Waals surface area contributed by atoms with E-state index in [-0.39, 0.29) is 0 Å². The largest absolute Gasteiger partial charge is 0.467 e. The van der Waals surface area contributed by atoms with E-state index in [9.17, 15) is 0 Å². The van der Waals surface area contributed by atoms with Crippen molar-refractivity contribution in [2.75, 3.05) is 0 Å². The third kappa shape index (κ3) is 2.01. The number of para-hydroxylation sites is 1. The lowest BCUT2D eigenvalue weighted by Gasteiger charge is -2.19. The Morgan fingerprint density at radius 2 is 1.87 bits per heavy atom. The predicted molar refractivity (Wildman–Crippen MR) is 61.0 cm³/mol. The topological polar surface area (TPSA) is 47.6 Å². The van der Waals surface area contributed by atoms with E-state index < -0.39 is 5.60 Å². The molecule has 0 aromatic heterocycles. The van der Waals surface area contributed by atoms with Crippen LogP contribution in [0.4, 0.5) is 5.69 Å². The summed E-state index contributed by atoms with van der Waals surface area (Å²) in [4.78, 5) is 4.50. The Morgan fingerprint density at radius 3 is 2.40 bits per heavy atom. The van der Waals surface area contributed by atoms with Crippen LogP contribution < -0.4 is 5.73 Å². The zero-order chi connectivity index (χ0) is 10.9. The van der Waals surface area contributed by atoms with Crippen LogP contribution in [0.1, 0.15) is 13.8 Å². The van der Waals surface area contributed by atoms with Crippen LogP contribution in [-0.4, -0.2) is 11.3 Å². The van der Waals surface area contributed by atoms with Gasteiger partial charge >= 0.3 is 0 Å². The molecule has 2 rings (SSSR count). The van der Waals surface area contributed by atoms with Crippen molar-refractivity contribution < 1.29 is 4.74 Å². The molecule has 1 heterocycles. The molecular weight excluding hydrogens is 188 g/mol. The number of benzene rings is 1. The molecule has 0 aliphatic carbocycles. The van der Waals surface area contributed by atoms with Gasteiger partial charge in [-0.05, 0) is 26.0 Å². The third-order valence-electron chi connectivity index (χ3n) is 2.27. The van der Waals surface area contributed by atoms with E-state index in [1.807, 2.05) is 44.2 Å². The van der Waals surface area contributed by atoms with Crippen molar-refractivity contribution in [2.24, 2.45) is 10.7 Å². The van der Waals surface area contributed by atoms with Crippen molar-refractivity contribution in [1.29, 1.82) is 0 Å². The van der Waals surface area contributed by atoms with E-state index in [0.717, 1.165) is 11.4 Å². The summed E-state index contributed by atoms with van der Waals surface area (Å²) in [7, 11) is 0. The molecule has 3 nitrogen and oxygen atoms in total. The van der Waals surface area contributed by atoms with Gasteiger partial charge in [0.15, 0.2) is 5.88 Å². The summed E-state index contributed by atoms with van der Waals surface area (Å²) in [5.74, 6) is 0.426. The second kappa shape index (κ2) is 3.42. The summed E-state index contributed by atoms with van der Waals surface area (Å²) in [6.45, 7) is 3.90. The van der Waals surface area contributed by atoms with E-state index in [1.165, 1.54) is 0 Å². The smallest absolute Gasteiger partial charge is 0.187 e. The first-order valence-corrected chi connectivity index (χ1v) is 4.88. The first kappa shape index (κ1) is 9.77. The van der Waals surface area contributed by atoms with Crippen molar-refractivity contribution in [1.82, 2.24) is 0 Å². The van der Waals surface area contributed by atoms with Gasteiger partial charge in [0.05, 0.1) is 11.4 Å². The van der Waals surface area contributed by atoms with Gasteiger partial charge in [0.2, 0.25) is 0 Å². The minimum atomic E-state index is -0.431.